The smallest absolute Gasteiger partial charge is 0.358 e. The van der Waals surface area contributed by atoms with E-state index in [4.69, 9.17) is 0 Å². The Morgan fingerprint density at radius 3 is 2.61 bits per heavy atom. The van der Waals surface area contributed by atoms with Crippen molar-refractivity contribution in [2.45, 2.75) is 6.18 Å². The van der Waals surface area contributed by atoms with E-state index in [1.165, 1.54) is 12.3 Å². The van der Waals surface area contributed by atoms with E-state index in [1.807, 2.05) is 0 Å². The summed E-state index contributed by atoms with van der Waals surface area (Å²) < 4.78 is 41.3. The molecule has 0 saturated heterocycles. The summed E-state index contributed by atoms with van der Waals surface area (Å²) in [4.78, 5) is 27.7. The molecule has 4 rings (SSSR count). The molecule has 4 aromatic rings. The number of hydrogen-bond acceptors (Lipinski definition) is 5. The summed E-state index contributed by atoms with van der Waals surface area (Å²) in [6.45, 7) is 0. The normalized spacial score (nSPS) is 12.0. The molecule has 0 N–H and O–H groups in total. The molecule has 0 bridgehead atoms. The number of fused-ring (bicyclic) bond motifs is 2. The maximum Gasteiger partial charge on any atom is 0.416 e. The zero-order valence-corrected chi connectivity index (χ0v) is 15.1. The Morgan fingerprint density at radius 1 is 1.18 bits per heavy atom. The maximum atomic E-state index is 13.0. The number of nitro groups is 1. The molecule has 0 amide bonds. The van der Waals surface area contributed by atoms with Crippen LogP contribution in [0.1, 0.15) is 5.56 Å². The number of halogens is 4. The van der Waals surface area contributed by atoms with Crippen LogP contribution in [0.25, 0.3) is 22.2 Å². The average molecular weight is 454 g/mol. The molecule has 1 aromatic carbocycles. The summed E-state index contributed by atoms with van der Waals surface area (Å²) in [5, 5.41) is 15.3. The summed E-state index contributed by atoms with van der Waals surface area (Å²) in [7, 11) is 0. The Labute approximate surface area is 161 Å². The molecule has 0 saturated carbocycles. The van der Waals surface area contributed by atoms with Crippen LogP contribution < -0.4 is 5.56 Å². The first-order chi connectivity index (χ1) is 13.2. The van der Waals surface area contributed by atoms with Crippen molar-refractivity contribution in [3.8, 4) is 5.82 Å². The van der Waals surface area contributed by atoms with Crippen LogP contribution in [0, 0.1) is 10.1 Å². The Balaban J connectivity index is 2.04. The second-order valence-electron chi connectivity index (χ2n) is 5.75. The van der Waals surface area contributed by atoms with Gasteiger partial charge in [-0.3, -0.25) is 4.79 Å². The predicted octanol–water partition coefficient (Wildman–Crippen LogP) is 3.72. The highest BCUT2D eigenvalue weighted by Gasteiger charge is 2.31. The zero-order chi connectivity index (χ0) is 20.2. The fourth-order valence-electron chi connectivity index (χ4n) is 2.77. The van der Waals surface area contributed by atoms with Crippen molar-refractivity contribution in [1.82, 2.24) is 19.2 Å². The highest BCUT2D eigenvalue weighted by atomic mass is 79.9. The summed E-state index contributed by atoms with van der Waals surface area (Å²) in [5.74, 6) is -0.940. The highest BCUT2D eigenvalue weighted by molar-refractivity contribution is 9.10. The van der Waals surface area contributed by atoms with E-state index in [0.29, 0.717) is 15.2 Å². The third-order valence-electron chi connectivity index (χ3n) is 4.03. The van der Waals surface area contributed by atoms with Crippen LogP contribution in [0.4, 0.5) is 19.0 Å². The van der Waals surface area contributed by atoms with E-state index in [0.717, 1.165) is 22.7 Å². The van der Waals surface area contributed by atoms with Gasteiger partial charge in [0, 0.05) is 11.5 Å². The van der Waals surface area contributed by atoms with E-state index in [9.17, 15) is 28.1 Å². The second kappa shape index (κ2) is 6.12. The first-order valence-corrected chi connectivity index (χ1v) is 8.38. The number of aromatic nitrogens is 4. The summed E-state index contributed by atoms with van der Waals surface area (Å²) in [5.41, 5.74) is -1.79. The highest BCUT2D eigenvalue weighted by Crippen LogP contribution is 2.31. The first kappa shape index (κ1) is 18.1. The van der Waals surface area contributed by atoms with Gasteiger partial charge in [0.05, 0.1) is 21.6 Å². The topological polar surface area (TPSA) is 95.3 Å². The van der Waals surface area contributed by atoms with Gasteiger partial charge in [-0.15, -0.1) is 0 Å². The van der Waals surface area contributed by atoms with Crippen LogP contribution in [0.15, 0.2) is 52.0 Å². The molecule has 3 heterocycles. The van der Waals surface area contributed by atoms with Gasteiger partial charge in [0.2, 0.25) is 5.65 Å². The third kappa shape index (κ3) is 2.81. The molecule has 0 fully saturated rings. The Bertz CT molecular complexity index is 1330. The van der Waals surface area contributed by atoms with Crippen molar-refractivity contribution in [3.63, 3.8) is 0 Å². The van der Waals surface area contributed by atoms with Crippen LogP contribution in [0.5, 0.6) is 0 Å². The van der Waals surface area contributed by atoms with Gasteiger partial charge in [0.15, 0.2) is 0 Å². The molecule has 0 atom stereocenters. The fraction of sp³-hybridized carbons (Fsp3) is 0.0625. The van der Waals surface area contributed by atoms with Crippen molar-refractivity contribution in [2.24, 2.45) is 0 Å². The lowest BCUT2D eigenvalue weighted by atomic mass is 10.1. The number of benzene rings is 1. The fourth-order valence-corrected chi connectivity index (χ4v) is 3.11. The number of hydrogen-bond donors (Lipinski definition) is 0. The molecule has 0 radical (unpaired) electrons. The van der Waals surface area contributed by atoms with Crippen LogP contribution >= 0.6 is 15.9 Å². The van der Waals surface area contributed by atoms with Gasteiger partial charge in [0.25, 0.3) is 11.4 Å². The number of pyridine rings is 1. The summed E-state index contributed by atoms with van der Waals surface area (Å²) in [6.07, 6.45) is -2.10. The number of rotatable bonds is 2. The van der Waals surface area contributed by atoms with E-state index >= 15 is 0 Å². The molecule has 0 aliphatic rings. The Hall–Kier alpha value is -3.28. The summed E-state index contributed by atoms with van der Waals surface area (Å²) >= 11 is 3.19. The van der Waals surface area contributed by atoms with Gasteiger partial charge < -0.3 is 10.1 Å². The number of nitrogens with zero attached hydrogens (tertiary/aromatic N) is 5. The largest absolute Gasteiger partial charge is 0.416 e. The van der Waals surface area contributed by atoms with Crippen molar-refractivity contribution < 1.29 is 18.1 Å². The van der Waals surface area contributed by atoms with Crippen molar-refractivity contribution >= 4 is 38.2 Å². The molecule has 0 aliphatic carbocycles. The predicted molar refractivity (Wildman–Crippen MR) is 95.4 cm³/mol. The van der Waals surface area contributed by atoms with Crippen LogP contribution in [-0.4, -0.2) is 24.1 Å². The molecule has 0 unspecified atom stereocenters. The minimum absolute atomic E-state index is 0.169. The van der Waals surface area contributed by atoms with E-state index in [1.54, 1.807) is 6.07 Å². The van der Waals surface area contributed by atoms with E-state index in [2.05, 4.69) is 26.0 Å². The lowest BCUT2D eigenvalue weighted by molar-refractivity contribution is -0.390. The average Bonchev–Trinajstić information content (AvgIpc) is 2.99. The van der Waals surface area contributed by atoms with E-state index in [-0.39, 0.29) is 16.4 Å². The minimum Gasteiger partial charge on any atom is -0.358 e. The second-order valence-corrected chi connectivity index (χ2v) is 6.67. The van der Waals surface area contributed by atoms with Gasteiger partial charge in [-0.05, 0) is 39.1 Å². The monoisotopic (exact) mass is 453 g/mol. The molecule has 28 heavy (non-hydrogen) atoms. The van der Waals surface area contributed by atoms with Gasteiger partial charge in [-0.1, -0.05) is 6.07 Å². The third-order valence-corrected chi connectivity index (χ3v) is 4.50. The van der Waals surface area contributed by atoms with E-state index < -0.39 is 33.9 Å². The number of alkyl halides is 3. The lowest BCUT2D eigenvalue weighted by Crippen LogP contribution is -2.22. The van der Waals surface area contributed by atoms with Crippen molar-refractivity contribution in [1.29, 1.82) is 0 Å². The zero-order valence-electron chi connectivity index (χ0n) is 13.5. The molecular weight excluding hydrogens is 447 g/mol. The SMILES string of the molecule is O=c1c2cc(C(F)(F)F)ccc2cnn1-c1nc2ccc(Br)cn2c1[N+](=O)[O-]. The lowest BCUT2D eigenvalue weighted by Gasteiger charge is -2.08. The van der Waals surface area contributed by atoms with Crippen molar-refractivity contribution in [3.05, 3.63) is 73.2 Å². The minimum atomic E-state index is -4.64. The standard InChI is InChI=1S/C16H7BrF3N5O3/c17-10-3-4-12-22-13(14(25(27)28)23(12)7-10)24-15(26)11-5-9(16(18,19)20)2-1-8(11)6-21-24/h1-7H. The van der Waals surface area contributed by atoms with Crippen molar-refractivity contribution in [2.75, 3.05) is 0 Å². The number of imidazole rings is 1. The molecule has 8 nitrogen and oxygen atoms in total. The molecule has 0 spiro atoms. The maximum absolute atomic E-state index is 13.0. The van der Waals surface area contributed by atoms with Crippen LogP contribution in [0.3, 0.4) is 0 Å². The Morgan fingerprint density at radius 2 is 1.93 bits per heavy atom. The molecule has 142 valence electrons. The Kier molecular flexibility index (Phi) is 3.96. The quantitative estimate of drug-likeness (QED) is 0.340. The molecule has 12 heteroatoms. The molecule has 3 aromatic heterocycles. The van der Waals surface area contributed by atoms with Gasteiger partial charge in [-0.2, -0.15) is 32.3 Å². The van der Waals surface area contributed by atoms with Gasteiger partial charge >= 0.3 is 12.0 Å². The van der Waals surface area contributed by atoms with Gasteiger partial charge in [0.1, 0.15) is 6.20 Å². The van der Waals surface area contributed by atoms with Gasteiger partial charge in [-0.25, -0.2) is 0 Å². The first-order valence-electron chi connectivity index (χ1n) is 7.58. The van der Waals surface area contributed by atoms with Crippen LogP contribution in [0.2, 0.25) is 0 Å². The molecule has 0 aliphatic heterocycles. The van der Waals surface area contributed by atoms with Crippen LogP contribution in [-0.2, 0) is 6.18 Å². The molecular formula is C16H7BrF3N5O3. The summed E-state index contributed by atoms with van der Waals surface area (Å²) in [6, 6.07) is 5.72.